The maximum Gasteiger partial charge on any atom is 0.242 e. The van der Waals surface area contributed by atoms with Gasteiger partial charge in [0.1, 0.15) is 12.3 Å². The summed E-state index contributed by atoms with van der Waals surface area (Å²) < 4.78 is 7.13. The molecule has 4 rings (SSSR count). The van der Waals surface area contributed by atoms with E-state index in [0.29, 0.717) is 25.6 Å². The molecule has 0 bridgehead atoms. The van der Waals surface area contributed by atoms with Crippen molar-refractivity contribution in [3.05, 3.63) is 53.5 Å². The van der Waals surface area contributed by atoms with Gasteiger partial charge in [0.25, 0.3) is 0 Å². The van der Waals surface area contributed by atoms with E-state index in [9.17, 15) is 4.79 Å². The topological polar surface area (TPSA) is 76.4 Å². The molecule has 2 aromatic heterocycles. The molecule has 1 amide bonds. The van der Waals surface area contributed by atoms with Crippen molar-refractivity contribution in [2.24, 2.45) is 7.05 Å². The zero-order chi connectivity index (χ0) is 21.3. The van der Waals surface area contributed by atoms with E-state index >= 15 is 0 Å². The van der Waals surface area contributed by atoms with Gasteiger partial charge < -0.3 is 14.5 Å². The zero-order valence-electron chi connectivity index (χ0n) is 17.8. The number of rotatable bonds is 5. The molecule has 3 heterocycles. The number of aryl methyl sites for hydroxylation is 2. The Balaban J connectivity index is 1.49. The molecule has 8 nitrogen and oxygen atoms in total. The van der Waals surface area contributed by atoms with E-state index in [1.807, 2.05) is 65.7 Å². The minimum atomic E-state index is 0.0619. The number of methoxy groups -OCH3 is 1. The van der Waals surface area contributed by atoms with Crippen molar-refractivity contribution < 1.29 is 9.53 Å². The average molecular weight is 406 g/mol. The van der Waals surface area contributed by atoms with Crippen LogP contribution in [0.1, 0.15) is 17.0 Å². The lowest BCUT2D eigenvalue weighted by Gasteiger charge is -2.34. The van der Waals surface area contributed by atoms with Crippen LogP contribution in [0.15, 0.2) is 36.5 Å². The number of aromatic nitrogens is 4. The molecule has 1 aliphatic heterocycles. The summed E-state index contributed by atoms with van der Waals surface area (Å²) >= 11 is 0. The quantitative estimate of drug-likeness (QED) is 0.647. The summed E-state index contributed by atoms with van der Waals surface area (Å²) in [7, 11) is 3.57. The number of carbonyl (C=O) groups excluding carboxylic acids is 1. The smallest absolute Gasteiger partial charge is 0.242 e. The molecular formula is C22H26N6O2. The minimum Gasteiger partial charge on any atom is -0.497 e. The molecule has 0 atom stereocenters. The highest BCUT2D eigenvalue weighted by Gasteiger charge is 2.26. The molecule has 0 N–H and O–H groups in total. The highest BCUT2D eigenvalue weighted by Crippen LogP contribution is 2.26. The monoisotopic (exact) mass is 406 g/mol. The van der Waals surface area contributed by atoms with Gasteiger partial charge in [-0.25, -0.2) is 9.97 Å². The van der Waals surface area contributed by atoms with Crippen molar-refractivity contribution in [1.29, 1.82) is 0 Å². The molecule has 8 heteroatoms. The van der Waals surface area contributed by atoms with Gasteiger partial charge in [0.2, 0.25) is 11.9 Å². The van der Waals surface area contributed by atoms with E-state index in [1.54, 1.807) is 13.3 Å². The number of amides is 1. The Hall–Kier alpha value is -3.42. The lowest BCUT2D eigenvalue weighted by atomic mass is 10.1. The molecule has 0 radical (unpaired) electrons. The number of anilines is 1. The molecule has 0 aliphatic carbocycles. The Morgan fingerprint density at radius 2 is 2.00 bits per heavy atom. The highest BCUT2D eigenvalue weighted by atomic mass is 16.5. The van der Waals surface area contributed by atoms with Gasteiger partial charge in [-0.05, 0) is 37.6 Å². The van der Waals surface area contributed by atoms with Crippen molar-refractivity contribution in [3.63, 3.8) is 0 Å². The SMILES string of the molecule is COc1cccc(CN2CCN(c3nccc(-c4c(C)nn(C)c4C)n3)CC2=O)c1. The van der Waals surface area contributed by atoms with Gasteiger partial charge in [0.05, 0.1) is 18.5 Å². The average Bonchev–Trinajstić information content (AvgIpc) is 3.01. The normalized spacial score (nSPS) is 14.3. The molecule has 1 aliphatic rings. The van der Waals surface area contributed by atoms with Crippen molar-refractivity contribution in [2.45, 2.75) is 20.4 Å². The van der Waals surface area contributed by atoms with Crippen LogP contribution in [0.2, 0.25) is 0 Å². The number of nitrogens with zero attached hydrogens (tertiary/aromatic N) is 6. The number of ether oxygens (including phenoxy) is 1. The van der Waals surface area contributed by atoms with Gasteiger partial charge in [-0.2, -0.15) is 5.10 Å². The van der Waals surface area contributed by atoms with Gasteiger partial charge in [-0.1, -0.05) is 12.1 Å². The van der Waals surface area contributed by atoms with E-state index in [-0.39, 0.29) is 12.5 Å². The Morgan fingerprint density at radius 1 is 1.17 bits per heavy atom. The van der Waals surface area contributed by atoms with E-state index in [4.69, 9.17) is 9.72 Å². The molecule has 1 aromatic carbocycles. The summed E-state index contributed by atoms with van der Waals surface area (Å²) in [5, 5.41) is 4.48. The molecule has 0 spiro atoms. The van der Waals surface area contributed by atoms with Gasteiger partial charge in [0, 0.05) is 44.1 Å². The fraction of sp³-hybridized carbons (Fsp3) is 0.364. The minimum absolute atomic E-state index is 0.0619. The van der Waals surface area contributed by atoms with Crippen LogP contribution in [0.5, 0.6) is 5.75 Å². The van der Waals surface area contributed by atoms with Crippen LogP contribution < -0.4 is 9.64 Å². The van der Waals surface area contributed by atoms with Gasteiger partial charge in [0.15, 0.2) is 0 Å². The van der Waals surface area contributed by atoms with Crippen molar-refractivity contribution in [2.75, 3.05) is 31.6 Å². The first kappa shape index (κ1) is 19.9. The molecule has 0 saturated carbocycles. The second-order valence-corrected chi connectivity index (χ2v) is 7.50. The molecular weight excluding hydrogens is 380 g/mol. The molecule has 156 valence electrons. The number of benzene rings is 1. The van der Waals surface area contributed by atoms with Crippen LogP contribution in [0, 0.1) is 13.8 Å². The Kier molecular flexibility index (Phi) is 5.39. The molecule has 30 heavy (non-hydrogen) atoms. The Labute approximate surface area is 176 Å². The fourth-order valence-electron chi connectivity index (χ4n) is 3.82. The van der Waals surface area contributed by atoms with Crippen molar-refractivity contribution >= 4 is 11.9 Å². The van der Waals surface area contributed by atoms with E-state index in [1.165, 1.54) is 0 Å². The highest BCUT2D eigenvalue weighted by molar-refractivity contribution is 5.82. The molecule has 1 saturated heterocycles. The third-order valence-corrected chi connectivity index (χ3v) is 5.52. The first-order valence-electron chi connectivity index (χ1n) is 9.95. The number of hydrogen-bond donors (Lipinski definition) is 0. The predicted octanol–water partition coefficient (Wildman–Crippen LogP) is 2.35. The standard InChI is InChI=1S/C22H26N6O2/c1-15-21(16(2)26(3)25-15)19-8-9-23-22(24-19)28-11-10-27(20(29)14-28)13-17-6-5-7-18(12-17)30-4/h5-9,12H,10-11,13-14H2,1-4H3. The number of piperazine rings is 1. The maximum absolute atomic E-state index is 12.8. The van der Waals surface area contributed by atoms with Crippen molar-refractivity contribution in [1.82, 2.24) is 24.6 Å². The van der Waals surface area contributed by atoms with Crippen molar-refractivity contribution in [3.8, 4) is 17.0 Å². The largest absolute Gasteiger partial charge is 0.497 e. The summed E-state index contributed by atoms with van der Waals surface area (Å²) in [5.74, 6) is 1.43. The fourth-order valence-corrected chi connectivity index (χ4v) is 3.82. The lowest BCUT2D eigenvalue weighted by Crippen LogP contribution is -2.50. The number of carbonyl (C=O) groups is 1. The summed E-state index contributed by atoms with van der Waals surface area (Å²) in [5.41, 5.74) is 4.88. The van der Waals surface area contributed by atoms with E-state index in [0.717, 1.165) is 34.0 Å². The van der Waals surface area contributed by atoms with Gasteiger partial charge in [-0.15, -0.1) is 0 Å². The van der Waals surface area contributed by atoms with Crippen LogP contribution in [0.4, 0.5) is 5.95 Å². The predicted molar refractivity (Wildman–Crippen MR) is 114 cm³/mol. The first-order valence-corrected chi connectivity index (χ1v) is 9.95. The third-order valence-electron chi connectivity index (χ3n) is 5.52. The van der Waals surface area contributed by atoms with Gasteiger partial charge in [-0.3, -0.25) is 9.48 Å². The number of hydrogen-bond acceptors (Lipinski definition) is 6. The van der Waals surface area contributed by atoms with E-state index < -0.39 is 0 Å². The Morgan fingerprint density at radius 3 is 2.70 bits per heavy atom. The second kappa shape index (κ2) is 8.14. The van der Waals surface area contributed by atoms with E-state index in [2.05, 4.69) is 10.1 Å². The first-order chi connectivity index (χ1) is 14.5. The van der Waals surface area contributed by atoms with Crippen LogP contribution in [0.25, 0.3) is 11.3 Å². The zero-order valence-corrected chi connectivity index (χ0v) is 17.8. The summed E-state index contributed by atoms with van der Waals surface area (Å²) in [4.78, 5) is 25.8. The van der Waals surface area contributed by atoms with Gasteiger partial charge >= 0.3 is 0 Å². The van der Waals surface area contributed by atoms with Crippen LogP contribution >= 0.6 is 0 Å². The summed E-state index contributed by atoms with van der Waals surface area (Å²) in [6.45, 7) is 6.14. The second-order valence-electron chi connectivity index (χ2n) is 7.50. The molecule has 3 aromatic rings. The summed E-state index contributed by atoms with van der Waals surface area (Å²) in [6.07, 6.45) is 1.75. The lowest BCUT2D eigenvalue weighted by molar-refractivity contribution is -0.131. The Bertz CT molecular complexity index is 1080. The maximum atomic E-state index is 12.8. The van der Waals surface area contributed by atoms with Crippen LogP contribution in [-0.4, -0.2) is 57.3 Å². The molecule has 1 fully saturated rings. The third kappa shape index (κ3) is 3.85. The summed E-state index contributed by atoms with van der Waals surface area (Å²) in [6, 6.07) is 9.70. The van der Waals surface area contributed by atoms with Crippen LogP contribution in [0.3, 0.4) is 0 Å². The molecule has 0 unspecified atom stereocenters. The van der Waals surface area contributed by atoms with Crippen LogP contribution in [-0.2, 0) is 18.4 Å².